The molecule has 0 radical (unpaired) electrons. The van der Waals surface area contributed by atoms with Crippen LogP contribution in [0.5, 0.6) is 0 Å². The Balaban J connectivity index is 4.53. The minimum Gasteiger partial charge on any atom is -0.389 e. The lowest BCUT2D eigenvalue weighted by atomic mass is 10.0. The standard InChI is InChI=1S/C8H19NO8S/c1-9-3-4(10)5(11)6(12)7(13)8(14)17-18(2,15)16/h4-14H,3H2,1-2H3. The third-order valence-corrected chi connectivity index (χ3v) is 2.62. The molecule has 0 aromatic carbocycles. The van der Waals surface area contributed by atoms with Crippen molar-refractivity contribution in [2.24, 2.45) is 0 Å². The lowest BCUT2D eigenvalue weighted by molar-refractivity contribution is -0.176. The minimum absolute atomic E-state index is 0.0754. The SMILES string of the molecule is CNCC(O)C(O)C(O)C(O)C(O)OS(C)(=O)=O. The molecule has 0 bridgehead atoms. The van der Waals surface area contributed by atoms with Crippen LogP contribution in [0.2, 0.25) is 0 Å². The van der Waals surface area contributed by atoms with Gasteiger partial charge in [0.1, 0.15) is 18.3 Å². The maximum Gasteiger partial charge on any atom is 0.266 e. The Labute approximate surface area is 105 Å². The quantitative estimate of drug-likeness (QED) is 0.193. The molecule has 0 aromatic rings. The largest absolute Gasteiger partial charge is 0.389 e. The van der Waals surface area contributed by atoms with E-state index in [0.29, 0.717) is 6.26 Å². The number of rotatable bonds is 8. The average molecular weight is 289 g/mol. The number of hydrogen-bond acceptors (Lipinski definition) is 9. The van der Waals surface area contributed by atoms with E-state index in [2.05, 4.69) is 9.50 Å². The number of hydrogen-bond donors (Lipinski definition) is 6. The third kappa shape index (κ3) is 6.02. The van der Waals surface area contributed by atoms with Gasteiger partial charge in [0.05, 0.1) is 12.4 Å². The molecule has 18 heavy (non-hydrogen) atoms. The zero-order valence-corrected chi connectivity index (χ0v) is 10.8. The molecule has 6 N–H and O–H groups in total. The Kier molecular flexibility index (Phi) is 7.17. The average Bonchev–Trinajstić information content (AvgIpc) is 2.24. The molecule has 0 saturated heterocycles. The highest BCUT2D eigenvalue weighted by molar-refractivity contribution is 7.86. The number of aliphatic hydroxyl groups excluding tert-OH is 5. The van der Waals surface area contributed by atoms with Gasteiger partial charge in [-0.1, -0.05) is 0 Å². The van der Waals surface area contributed by atoms with E-state index in [1.807, 2.05) is 0 Å². The molecule has 0 spiro atoms. The highest BCUT2D eigenvalue weighted by Gasteiger charge is 2.35. The van der Waals surface area contributed by atoms with E-state index in [1.54, 1.807) is 0 Å². The molecule has 0 amide bonds. The van der Waals surface area contributed by atoms with Gasteiger partial charge in [-0.25, -0.2) is 4.18 Å². The maximum absolute atomic E-state index is 10.7. The summed E-state index contributed by atoms with van der Waals surface area (Å²) in [6.45, 7) is -0.0754. The number of aliphatic hydroxyl groups is 5. The van der Waals surface area contributed by atoms with E-state index in [0.717, 1.165) is 0 Å². The predicted octanol–water partition coefficient (Wildman–Crippen LogP) is -4.06. The van der Waals surface area contributed by atoms with Crippen LogP contribution in [0.3, 0.4) is 0 Å². The van der Waals surface area contributed by atoms with Crippen LogP contribution in [0.25, 0.3) is 0 Å². The van der Waals surface area contributed by atoms with Gasteiger partial charge >= 0.3 is 0 Å². The molecule has 0 heterocycles. The van der Waals surface area contributed by atoms with Crippen molar-refractivity contribution < 1.29 is 38.1 Å². The van der Waals surface area contributed by atoms with Crippen LogP contribution in [0.1, 0.15) is 0 Å². The van der Waals surface area contributed by atoms with Crippen molar-refractivity contribution in [3.63, 3.8) is 0 Å². The summed E-state index contributed by atoms with van der Waals surface area (Å²) in [7, 11) is -2.55. The van der Waals surface area contributed by atoms with E-state index in [9.17, 15) is 28.8 Å². The van der Waals surface area contributed by atoms with Crippen LogP contribution in [0, 0.1) is 0 Å². The van der Waals surface area contributed by atoms with Crippen molar-refractivity contribution in [1.82, 2.24) is 5.32 Å². The summed E-state index contributed by atoms with van der Waals surface area (Å²) in [6.07, 6.45) is -8.88. The van der Waals surface area contributed by atoms with Gasteiger partial charge in [0.15, 0.2) is 0 Å². The van der Waals surface area contributed by atoms with Gasteiger partial charge < -0.3 is 30.8 Å². The van der Waals surface area contributed by atoms with Crippen molar-refractivity contribution in [3.05, 3.63) is 0 Å². The van der Waals surface area contributed by atoms with Crippen LogP contribution in [-0.2, 0) is 14.3 Å². The number of likely N-dealkylation sites (N-methyl/N-ethyl adjacent to an activating group) is 1. The topological polar surface area (TPSA) is 157 Å². The summed E-state index contributed by atoms with van der Waals surface area (Å²) in [5, 5.41) is 49.2. The molecule has 5 unspecified atom stereocenters. The molecule has 5 atom stereocenters. The van der Waals surface area contributed by atoms with Crippen LogP contribution in [0.4, 0.5) is 0 Å². The molecule has 10 heteroatoms. The van der Waals surface area contributed by atoms with E-state index < -0.39 is 40.8 Å². The van der Waals surface area contributed by atoms with Gasteiger partial charge in [-0.3, -0.25) is 0 Å². The van der Waals surface area contributed by atoms with Crippen molar-refractivity contribution in [2.75, 3.05) is 19.8 Å². The predicted molar refractivity (Wildman–Crippen MR) is 59.9 cm³/mol. The molecule has 0 aliphatic carbocycles. The summed E-state index contributed by atoms with van der Waals surface area (Å²) in [4.78, 5) is 0. The minimum atomic E-state index is -4.04. The summed E-state index contributed by atoms with van der Waals surface area (Å²) in [5.41, 5.74) is 0. The summed E-state index contributed by atoms with van der Waals surface area (Å²) in [6, 6.07) is 0. The van der Waals surface area contributed by atoms with Gasteiger partial charge in [0.25, 0.3) is 10.1 Å². The fourth-order valence-electron chi connectivity index (χ4n) is 1.16. The lowest BCUT2D eigenvalue weighted by Gasteiger charge is -2.28. The smallest absolute Gasteiger partial charge is 0.266 e. The fourth-order valence-corrected chi connectivity index (χ4v) is 1.64. The first-order chi connectivity index (χ1) is 8.10. The molecule has 9 nitrogen and oxygen atoms in total. The Morgan fingerprint density at radius 2 is 1.56 bits per heavy atom. The number of nitrogens with one attached hydrogen (secondary N) is 1. The van der Waals surface area contributed by atoms with Crippen molar-refractivity contribution >= 4 is 10.1 Å². The van der Waals surface area contributed by atoms with Crippen LogP contribution >= 0.6 is 0 Å². The van der Waals surface area contributed by atoms with Gasteiger partial charge in [-0.15, -0.1) is 0 Å². The Morgan fingerprint density at radius 3 is 1.94 bits per heavy atom. The van der Waals surface area contributed by atoms with E-state index in [4.69, 9.17) is 5.11 Å². The highest BCUT2D eigenvalue weighted by atomic mass is 32.2. The van der Waals surface area contributed by atoms with E-state index in [-0.39, 0.29) is 6.54 Å². The second-order valence-electron chi connectivity index (χ2n) is 3.79. The fraction of sp³-hybridized carbons (Fsp3) is 1.00. The Hall–Kier alpha value is -0.330. The maximum atomic E-state index is 10.7. The van der Waals surface area contributed by atoms with Gasteiger partial charge in [-0.2, -0.15) is 8.42 Å². The molecule has 110 valence electrons. The molecule has 0 aromatic heterocycles. The lowest BCUT2D eigenvalue weighted by Crippen LogP contribution is -2.51. The summed E-state index contributed by atoms with van der Waals surface area (Å²) in [5.74, 6) is 0. The van der Waals surface area contributed by atoms with Gasteiger partial charge in [-0.05, 0) is 7.05 Å². The van der Waals surface area contributed by atoms with Crippen molar-refractivity contribution in [3.8, 4) is 0 Å². The van der Waals surface area contributed by atoms with E-state index in [1.165, 1.54) is 7.05 Å². The van der Waals surface area contributed by atoms with Gasteiger partial charge in [0, 0.05) is 6.54 Å². The van der Waals surface area contributed by atoms with Crippen LogP contribution in [0.15, 0.2) is 0 Å². The molecular formula is C8H19NO8S. The van der Waals surface area contributed by atoms with Crippen molar-refractivity contribution in [1.29, 1.82) is 0 Å². The van der Waals surface area contributed by atoms with Gasteiger partial charge in [0.2, 0.25) is 6.29 Å². The third-order valence-electron chi connectivity index (χ3n) is 2.07. The summed E-state index contributed by atoms with van der Waals surface area (Å²) < 4.78 is 25.4. The second kappa shape index (κ2) is 7.31. The first kappa shape index (κ1) is 17.7. The first-order valence-corrected chi connectivity index (χ1v) is 6.85. The Morgan fingerprint density at radius 1 is 1.06 bits per heavy atom. The normalized spacial score (nSPS) is 21.1. The zero-order chi connectivity index (χ0) is 14.5. The molecule has 0 saturated carbocycles. The van der Waals surface area contributed by atoms with Crippen molar-refractivity contribution in [2.45, 2.75) is 30.7 Å². The summed E-state index contributed by atoms with van der Waals surface area (Å²) >= 11 is 0. The molecule has 0 rings (SSSR count). The molecule has 0 aliphatic heterocycles. The second-order valence-corrected chi connectivity index (χ2v) is 5.39. The molecular weight excluding hydrogens is 270 g/mol. The zero-order valence-electron chi connectivity index (χ0n) is 9.96. The molecule has 0 aliphatic rings. The van der Waals surface area contributed by atoms with E-state index >= 15 is 0 Å². The Bertz CT molecular complexity index is 334. The van der Waals surface area contributed by atoms with Crippen LogP contribution in [-0.4, -0.2) is 84.5 Å². The first-order valence-electron chi connectivity index (χ1n) is 5.03. The van der Waals surface area contributed by atoms with Crippen LogP contribution < -0.4 is 5.32 Å². The highest BCUT2D eigenvalue weighted by Crippen LogP contribution is 2.10. The molecule has 0 fully saturated rings. The monoisotopic (exact) mass is 289 g/mol.